The van der Waals surface area contributed by atoms with Gasteiger partial charge >= 0.3 is 0 Å². The molecule has 0 saturated heterocycles. The Morgan fingerprint density at radius 1 is 1.39 bits per heavy atom. The molecule has 0 aliphatic carbocycles. The van der Waals surface area contributed by atoms with Gasteiger partial charge in [0.15, 0.2) is 0 Å². The van der Waals surface area contributed by atoms with Gasteiger partial charge in [-0.1, -0.05) is 12.2 Å². The molecule has 1 aromatic rings. The van der Waals surface area contributed by atoms with Crippen LogP contribution in [0.1, 0.15) is 12.0 Å². The van der Waals surface area contributed by atoms with Crippen LogP contribution >= 0.6 is 12.2 Å². The van der Waals surface area contributed by atoms with Crippen molar-refractivity contribution in [2.75, 3.05) is 18.9 Å². The number of hydrogen-bond donors (Lipinski definition) is 3. The lowest BCUT2D eigenvalue weighted by Crippen LogP contribution is -2.21. The van der Waals surface area contributed by atoms with Crippen molar-refractivity contribution in [3.63, 3.8) is 0 Å². The van der Waals surface area contributed by atoms with Crippen molar-refractivity contribution in [3.05, 3.63) is 29.3 Å². The number of carbonyl (C=O) groups excluding carboxylic acids is 1. The fourth-order valence-electron chi connectivity index (χ4n) is 1.31. The van der Waals surface area contributed by atoms with Crippen LogP contribution in [0, 0.1) is 11.6 Å². The van der Waals surface area contributed by atoms with Crippen molar-refractivity contribution < 1.29 is 13.6 Å². The summed E-state index contributed by atoms with van der Waals surface area (Å²) in [6.45, 7) is 0.125. The molecule has 0 aliphatic rings. The zero-order valence-electron chi connectivity index (χ0n) is 9.72. The molecule has 18 heavy (non-hydrogen) atoms. The highest BCUT2D eigenvalue weighted by Gasteiger charge is 2.12. The Balaban J connectivity index is 2.78. The van der Waals surface area contributed by atoms with E-state index in [0.717, 1.165) is 12.1 Å². The van der Waals surface area contributed by atoms with Gasteiger partial charge in [-0.2, -0.15) is 0 Å². The molecule has 7 heteroatoms. The van der Waals surface area contributed by atoms with E-state index in [4.69, 9.17) is 5.73 Å². The Bertz CT molecular complexity index is 456. The minimum atomic E-state index is -0.797. The summed E-state index contributed by atoms with van der Waals surface area (Å²) in [6, 6.07) is 2.10. The van der Waals surface area contributed by atoms with E-state index in [-0.39, 0.29) is 35.1 Å². The molecule has 98 valence electrons. The Morgan fingerprint density at radius 2 is 1.94 bits per heavy atom. The molecule has 4 N–H and O–H groups in total. The molecule has 0 bridgehead atoms. The van der Waals surface area contributed by atoms with E-state index in [0.29, 0.717) is 0 Å². The third-order valence-corrected chi connectivity index (χ3v) is 2.50. The Hall–Kier alpha value is -1.76. The van der Waals surface area contributed by atoms with E-state index in [9.17, 15) is 13.6 Å². The predicted octanol–water partition coefficient (Wildman–Crippen LogP) is 1.15. The number of benzene rings is 1. The maximum Gasteiger partial charge on any atom is 0.221 e. The van der Waals surface area contributed by atoms with Crippen LogP contribution < -0.4 is 16.4 Å². The summed E-state index contributed by atoms with van der Waals surface area (Å²) in [5.74, 6) is -1.81. The number of amides is 1. The summed E-state index contributed by atoms with van der Waals surface area (Å²) < 4.78 is 27.1. The highest BCUT2D eigenvalue weighted by Crippen LogP contribution is 2.20. The van der Waals surface area contributed by atoms with Crippen LogP contribution in [-0.4, -0.2) is 24.5 Å². The number of nitrogens with one attached hydrogen (secondary N) is 2. The first-order chi connectivity index (χ1) is 8.45. The van der Waals surface area contributed by atoms with Crippen LogP contribution in [0.5, 0.6) is 0 Å². The summed E-state index contributed by atoms with van der Waals surface area (Å²) in [5.41, 5.74) is 5.11. The maximum atomic E-state index is 13.6. The van der Waals surface area contributed by atoms with Gasteiger partial charge in [0.25, 0.3) is 0 Å². The molecule has 0 atom stereocenters. The molecule has 0 aromatic heterocycles. The number of thiocarbonyl (C=S) groups is 1. The van der Waals surface area contributed by atoms with Crippen LogP contribution in [0.15, 0.2) is 12.1 Å². The zero-order chi connectivity index (χ0) is 13.7. The van der Waals surface area contributed by atoms with E-state index < -0.39 is 11.6 Å². The number of halogens is 2. The first-order valence-corrected chi connectivity index (χ1v) is 5.59. The number of hydrogen-bond acceptors (Lipinski definition) is 3. The number of carbonyl (C=O) groups is 1. The van der Waals surface area contributed by atoms with E-state index >= 15 is 0 Å². The fourth-order valence-corrected chi connectivity index (χ4v) is 1.43. The average Bonchev–Trinajstić information content (AvgIpc) is 2.31. The molecular weight excluding hydrogens is 260 g/mol. The van der Waals surface area contributed by atoms with E-state index in [2.05, 4.69) is 22.9 Å². The maximum absolute atomic E-state index is 13.6. The number of anilines is 1. The topological polar surface area (TPSA) is 67.2 Å². The predicted molar refractivity (Wildman–Crippen MR) is 69.4 cm³/mol. The summed E-state index contributed by atoms with van der Waals surface area (Å²) >= 11 is 4.63. The molecule has 0 unspecified atom stereocenters. The quantitative estimate of drug-likeness (QED) is 0.704. The second-order valence-corrected chi connectivity index (χ2v) is 3.97. The minimum Gasteiger partial charge on any atom is -0.389 e. The van der Waals surface area contributed by atoms with E-state index in [1.54, 1.807) is 0 Å². The van der Waals surface area contributed by atoms with Crippen LogP contribution in [0.2, 0.25) is 0 Å². The van der Waals surface area contributed by atoms with Crippen molar-refractivity contribution in [1.82, 2.24) is 5.32 Å². The molecule has 4 nitrogen and oxygen atoms in total. The fraction of sp³-hybridized carbons (Fsp3) is 0.273. The van der Waals surface area contributed by atoms with E-state index in [1.807, 2.05) is 0 Å². The van der Waals surface area contributed by atoms with Gasteiger partial charge in [-0.05, 0) is 12.1 Å². The molecule has 0 spiro atoms. The van der Waals surface area contributed by atoms with Gasteiger partial charge in [0.2, 0.25) is 5.91 Å². The standard InChI is InChI=1S/C11H13F2N3OS/c1-15-9(17)2-3-16-10-7(12)4-6(11(14)18)5-8(10)13/h4-5,16H,2-3H2,1H3,(H2,14,18)(H,15,17). The highest BCUT2D eigenvalue weighted by atomic mass is 32.1. The SMILES string of the molecule is CNC(=O)CCNc1c(F)cc(C(N)=S)cc1F. The molecule has 1 rings (SSSR count). The highest BCUT2D eigenvalue weighted by molar-refractivity contribution is 7.80. The Morgan fingerprint density at radius 3 is 2.39 bits per heavy atom. The summed E-state index contributed by atoms with van der Waals surface area (Å²) in [6.07, 6.45) is 0.117. The van der Waals surface area contributed by atoms with Crippen LogP contribution in [-0.2, 0) is 4.79 Å². The smallest absolute Gasteiger partial charge is 0.221 e. The van der Waals surface area contributed by atoms with Gasteiger partial charge in [0, 0.05) is 25.6 Å². The first-order valence-electron chi connectivity index (χ1n) is 5.19. The second-order valence-electron chi connectivity index (χ2n) is 3.53. The van der Waals surface area contributed by atoms with Gasteiger partial charge in [0.05, 0.1) is 0 Å². The van der Waals surface area contributed by atoms with Crippen molar-refractivity contribution in [1.29, 1.82) is 0 Å². The van der Waals surface area contributed by atoms with Crippen molar-refractivity contribution in [2.45, 2.75) is 6.42 Å². The lowest BCUT2D eigenvalue weighted by Gasteiger charge is -2.09. The molecule has 0 fully saturated rings. The van der Waals surface area contributed by atoms with Crippen molar-refractivity contribution in [2.24, 2.45) is 5.73 Å². The second kappa shape index (κ2) is 6.25. The molecule has 0 heterocycles. The van der Waals surface area contributed by atoms with Crippen LogP contribution in [0.3, 0.4) is 0 Å². The molecule has 0 aliphatic heterocycles. The lowest BCUT2D eigenvalue weighted by atomic mass is 10.2. The first kappa shape index (κ1) is 14.3. The van der Waals surface area contributed by atoms with Gasteiger partial charge < -0.3 is 16.4 Å². The third-order valence-electron chi connectivity index (χ3n) is 2.26. The van der Waals surface area contributed by atoms with Crippen molar-refractivity contribution >= 4 is 28.8 Å². The minimum absolute atomic E-state index is 0.0790. The Kier molecular flexibility index (Phi) is 4.96. The monoisotopic (exact) mass is 273 g/mol. The molecular formula is C11H13F2N3OS. The normalized spacial score (nSPS) is 9.94. The van der Waals surface area contributed by atoms with Crippen molar-refractivity contribution in [3.8, 4) is 0 Å². The van der Waals surface area contributed by atoms with E-state index in [1.165, 1.54) is 7.05 Å². The average molecular weight is 273 g/mol. The van der Waals surface area contributed by atoms with Gasteiger partial charge in [-0.15, -0.1) is 0 Å². The zero-order valence-corrected chi connectivity index (χ0v) is 10.5. The van der Waals surface area contributed by atoms with Gasteiger partial charge in [0.1, 0.15) is 22.3 Å². The van der Waals surface area contributed by atoms with Crippen LogP contribution in [0.4, 0.5) is 14.5 Å². The van der Waals surface area contributed by atoms with Gasteiger partial charge in [-0.3, -0.25) is 4.79 Å². The lowest BCUT2D eigenvalue weighted by molar-refractivity contribution is -0.120. The Labute approximate surface area is 109 Å². The molecule has 0 radical (unpaired) electrons. The number of rotatable bonds is 5. The summed E-state index contributed by atoms with van der Waals surface area (Å²) in [5, 5.41) is 4.92. The molecule has 0 saturated carbocycles. The van der Waals surface area contributed by atoms with Crippen LogP contribution in [0.25, 0.3) is 0 Å². The largest absolute Gasteiger partial charge is 0.389 e. The molecule has 1 aromatic carbocycles. The summed E-state index contributed by atoms with van der Waals surface area (Å²) in [7, 11) is 1.49. The van der Waals surface area contributed by atoms with Gasteiger partial charge in [-0.25, -0.2) is 8.78 Å². The summed E-state index contributed by atoms with van der Waals surface area (Å²) in [4.78, 5) is 10.9. The molecule has 1 amide bonds. The third kappa shape index (κ3) is 3.63. The number of nitrogens with two attached hydrogens (primary N) is 1.